The van der Waals surface area contributed by atoms with E-state index in [4.69, 9.17) is 0 Å². The zero-order valence-corrected chi connectivity index (χ0v) is 11.6. The second kappa shape index (κ2) is 6.19. The molecule has 0 bridgehead atoms. The maximum Gasteiger partial charge on any atom is 0.251 e. The molecule has 2 rings (SSSR count). The molecule has 0 saturated carbocycles. The Morgan fingerprint density at radius 1 is 1.10 bits per heavy atom. The molecule has 0 aromatic heterocycles. The largest absolute Gasteiger partial charge is 0.355 e. The van der Waals surface area contributed by atoms with E-state index in [1.54, 1.807) is 13.0 Å². The predicted molar refractivity (Wildman–Crippen MR) is 79.6 cm³/mol. The van der Waals surface area contributed by atoms with Gasteiger partial charge in [-0.15, -0.1) is 0 Å². The van der Waals surface area contributed by atoms with Crippen molar-refractivity contribution >= 4 is 22.6 Å². The number of fused-ring (bicyclic) bond motifs is 1. The minimum Gasteiger partial charge on any atom is -0.355 e. The molecule has 2 aromatic rings. The maximum atomic E-state index is 12.1. The van der Waals surface area contributed by atoms with Crippen molar-refractivity contribution in [1.82, 2.24) is 10.6 Å². The topological polar surface area (TPSA) is 58.2 Å². The molecule has 1 unspecified atom stereocenters. The SMILES string of the molecule is CCNC(=O)C(C)NC(=O)c1ccc2ccccc2c1. The monoisotopic (exact) mass is 270 g/mol. The molecule has 0 aliphatic carbocycles. The third-order valence-corrected chi connectivity index (χ3v) is 3.10. The summed E-state index contributed by atoms with van der Waals surface area (Å²) in [7, 11) is 0. The van der Waals surface area contributed by atoms with Gasteiger partial charge in [0.15, 0.2) is 0 Å². The molecular weight excluding hydrogens is 252 g/mol. The standard InChI is InChI=1S/C16H18N2O2/c1-3-17-15(19)11(2)18-16(20)14-9-8-12-6-4-5-7-13(12)10-14/h4-11H,3H2,1-2H3,(H,17,19)(H,18,20). The van der Waals surface area contributed by atoms with E-state index in [-0.39, 0.29) is 11.8 Å². The molecule has 2 aromatic carbocycles. The number of amides is 2. The maximum absolute atomic E-state index is 12.1. The molecule has 104 valence electrons. The van der Waals surface area contributed by atoms with Crippen molar-refractivity contribution in [2.45, 2.75) is 19.9 Å². The minimum absolute atomic E-state index is 0.179. The Labute approximate surface area is 118 Å². The van der Waals surface area contributed by atoms with Gasteiger partial charge in [0.2, 0.25) is 5.91 Å². The fraction of sp³-hybridized carbons (Fsp3) is 0.250. The fourth-order valence-electron chi connectivity index (χ4n) is 2.00. The highest BCUT2D eigenvalue weighted by Crippen LogP contribution is 2.15. The molecule has 4 heteroatoms. The van der Waals surface area contributed by atoms with Gasteiger partial charge in [0.05, 0.1) is 0 Å². The van der Waals surface area contributed by atoms with E-state index in [1.165, 1.54) is 0 Å². The number of hydrogen-bond acceptors (Lipinski definition) is 2. The molecule has 20 heavy (non-hydrogen) atoms. The van der Waals surface area contributed by atoms with Crippen LogP contribution in [0.1, 0.15) is 24.2 Å². The molecule has 1 atom stereocenters. The van der Waals surface area contributed by atoms with E-state index in [1.807, 2.05) is 43.3 Å². The average Bonchev–Trinajstić information content (AvgIpc) is 2.46. The van der Waals surface area contributed by atoms with Gasteiger partial charge in [0.1, 0.15) is 6.04 Å². The molecular formula is C16H18N2O2. The van der Waals surface area contributed by atoms with Crippen LogP contribution in [-0.2, 0) is 4.79 Å². The molecule has 0 spiro atoms. The summed E-state index contributed by atoms with van der Waals surface area (Å²) in [6.45, 7) is 4.06. The lowest BCUT2D eigenvalue weighted by atomic mass is 10.1. The number of benzene rings is 2. The van der Waals surface area contributed by atoms with Gasteiger partial charge in [-0.3, -0.25) is 9.59 Å². The highest BCUT2D eigenvalue weighted by atomic mass is 16.2. The Balaban J connectivity index is 2.13. The second-order valence-corrected chi connectivity index (χ2v) is 4.65. The van der Waals surface area contributed by atoms with Crippen LogP contribution in [0.2, 0.25) is 0 Å². The van der Waals surface area contributed by atoms with Crippen LogP contribution < -0.4 is 10.6 Å². The van der Waals surface area contributed by atoms with Crippen LogP contribution in [0.25, 0.3) is 10.8 Å². The number of rotatable bonds is 4. The van der Waals surface area contributed by atoms with E-state index in [9.17, 15) is 9.59 Å². The van der Waals surface area contributed by atoms with E-state index in [2.05, 4.69) is 10.6 Å². The van der Waals surface area contributed by atoms with Crippen LogP contribution in [0.4, 0.5) is 0 Å². The van der Waals surface area contributed by atoms with Crippen LogP contribution in [0.5, 0.6) is 0 Å². The average molecular weight is 270 g/mol. The van der Waals surface area contributed by atoms with Gasteiger partial charge in [-0.05, 0) is 36.8 Å². The molecule has 2 N–H and O–H groups in total. The third-order valence-electron chi connectivity index (χ3n) is 3.10. The normalized spacial score (nSPS) is 11.9. The Morgan fingerprint density at radius 2 is 1.80 bits per heavy atom. The van der Waals surface area contributed by atoms with E-state index >= 15 is 0 Å². The second-order valence-electron chi connectivity index (χ2n) is 4.65. The van der Waals surface area contributed by atoms with Crippen molar-refractivity contribution < 1.29 is 9.59 Å². The number of likely N-dealkylation sites (N-methyl/N-ethyl adjacent to an activating group) is 1. The van der Waals surface area contributed by atoms with Crippen molar-refractivity contribution in [2.75, 3.05) is 6.54 Å². The van der Waals surface area contributed by atoms with Gasteiger partial charge in [-0.25, -0.2) is 0 Å². The molecule has 2 amide bonds. The van der Waals surface area contributed by atoms with E-state index in [0.29, 0.717) is 12.1 Å². The first-order valence-electron chi connectivity index (χ1n) is 6.69. The van der Waals surface area contributed by atoms with Crippen LogP contribution in [0.15, 0.2) is 42.5 Å². The highest BCUT2D eigenvalue weighted by Gasteiger charge is 2.15. The number of hydrogen-bond donors (Lipinski definition) is 2. The van der Waals surface area contributed by atoms with Crippen molar-refractivity contribution in [3.05, 3.63) is 48.0 Å². The Morgan fingerprint density at radius 3 is 2.50 bits per heavy atom. The van der Waals surface area contributed by atoms with Crippen molar-refractivity contribution in [2.24, 2.45) is 0 Å². The predicted octanol–water partition coefficient (Wildman–Crippen LogP) is 2.09. The lowest BCUT2D eigenvalue weighted by Crippen LogP contribution is -2.44. The number of nitrogens with one attached hydrogen (secondary N) is 2. The van der Waals surface area contributed by atoms with Crippen LogP contribution in [0, 0.1) is 0 Å². The summed E-state index contributed by atoms with van der Waals surface area (Å²) in [5.41, 5.74) is 0.555. The molecule has 4 nitrogen and oxygen atoms in total. The quantitative estimate of drug-likeness (QED) is 0.893. The summed E-state index contributed by atoms with van der Waals surface area (Å²) in [5, 5.41) is 7.46. The molecule has 0 aliphatic rings. The summed E-state index contributed by atoms with van der Waals surface area (Å²) in [6.07, 6.45) is 0. The summed E-state index contributed by atoms with van der Waals surface area (Å²) < 4.78 is 0. The zero-order chi connectivity index (χ0) is 14.5. The van der Waals surface area contributed by atoms with Gasteiger partial charge >= 0.3 is 0 Å². The third kappa shape index (κ3) is 3.15. The summed E-state index contributed by atoms with van der Waals surface area (Å²) in [6, 6.07) is 12.8. The Hall–Kier alpha value is -2.36. The van der Waals surface area contributed by atoms with Gasteiger partial charge in [0, 0.05) is 12.1 Å². The highest BCUT2D eigenvalue weighted by molar-refractivity contribution is 6.00. The van der Waals surface area contributed by atoms with E-state index < -0.39 is 6.04 Å². The number of carbonyl (C=O) groups excluding carboxylic acids is 2. The summed E-state index contributed by atoms with van der Waals surface area (Å²) >= 11 is 0. The molecule has 0 heterocycles. The summed E-state index contributed by atoms with van der Waals surface area (Å²) in [5.74, 6) is -0.420. The van der Waals surface area contributed by atoms with Gasteiger partial charge < -0.3 is 10.6 Å². The first-order valence-corrected chi connectivity index (χ1v) is 6.69. The minimum atomic E-state index is -0.547. The Bertz CT molecular complexity index is 637. The van der Waals surface area contributed by atoms with Gasteiger partial charge in [0.25, 0.3) is 5.91 Å². The molecule has 0 fully saturated rings. The number of carbonyl (C=O) groups is 2. The fourth-order valence-corrected chi connectivity index (χ4v) is 2.00. The summed E-state index contributed by atoms with van der Waals surface area (Å²) in [4.78, 5) is 23.7. The lowest BCUT2D eigenvalue weighted by Gasteiger charge is -2.13. The van der Waals surface area contributed by atoms with Crippen LogP contribution >= 0.6 is 0 Å². The van der Waals surface area contributed by atoms with Crippen molar-refractivity contribution in [1.29, 1.82) is 0 Å². The zero-order valence-electron chi connectivity index (χ0n) is 11.6. The van der Waals surface area contributed by atoms with Crippen molar-refractivity contribution in [3.8, 4) is 0 Å². The lowest BCUT2D eigenvalue weighted by molar-refractivity contribution is -0.122. The van der Waals surface area contributed by atoms with Crippen LogP contribution in [-0.4, -0.2) is 24.4 Å². The first kappa shape index (κ1) is 14.1. The van der Waals surface area contributed by atoms with Crippen LogP contribution in [0.3, 0.4) is 0 Å². The first-order chi connectivity index (χ1) is 9.61. The Kier molecular flexibility index (Phi) is 4.35. The molecule has 0 radical (unpaired) electrons. The van der Waals surface area contributed by atoms with E-state index in [0.717, 1.165) is 10.8 Å². The van der Waals surface area contributed by atoms with Gasteiger partial charge in [-0.2, -0.15) is 0 Å². The molecule has 0 saturated heterocycles. The molecule has 0 aliphatic heterocycles. The van der Waals surface area contributed by atoms with Gasteiger partial charge in [-0.1, -0.05) is 30.3 Å². The smallest absolute Gasteiger partial charge is 0.251 e. The van der Waals surface area contributed by atoms with Crippen molar-refractivity contribution in [3.63, 3.8) is 0 Å².